The number of halogens is 1. The van der Waals surface area contributed by atoms with Gasteiger partial charge in [0.15, 0.2) is 0 Å². The first-order chi connectivity index (χ1) is 15.3. The van der Waals surface area contributed by atoms with Gasteiger partial charge in [0.2, 0.25) is 15.9 Å². The van der Waals surface area contributed by atoms with Gasteiger partial charge in [-0.05, 0) is 60.7 Å². The number of fused-ring (bicyclic) bond motifs is 1. The highest BCUT2D eigenvalue weighted by atomic mass is 32.2. The topological polar surface area (TPSA) is 66.9 Å². The van der Waals surface area contributed by atoms with Crippen molar-refractivity contribution in [1.29, 1.82) is 0 Å². The molecular weight excluding hydrogens is 431 g/mol. The van der Waals surface area contributed by atoms with Crippen molar-refractivity contribution in [1.82, 2.24) is 4.31 Å². The van der Waals surface area contributed by atoms with Crippen molar-refractivity contribution in [2.75, 3.05) is 37.7 Å². The SMILES string of the molecule is CCN(CC)S(=O)(=O)c1ccc2c(c1)CCN2C(=O)C1(c2ccc(F)cc2)CCOCC1. The second-order valence-corrected chi connectivity index (χ2v) is 10.2. The van der Waals surface area contributed by atoms with Crippen LogP contribution in [-0.2, 0) is 31.4 Å². The highest BCUT2D eigenvalue weighted by Crippen LogP contribution is 2.41. The van der Waals surface area contributed by atoms with Gasteiger partial charge < -0.3 is 9.64 Å². The summed E-state index contributed by atoms with van der Waals surface area (Å²) in [6.07, 6.45) is 1.65. The average molecular weight is 461 g/mol. The number of carbonyl (C=O) groups is 1. The molecule has 172 valence electrons. The van der Waals surface area contributed by atoms with Crippen molar-refractivity contribution < 1.29 is 22.3 Å². The number of benzene rings is 2. The van der Waals surface area contributed by atoms with Gasteiger partial charge in [-0.2, -0.15) is 4.31 Å². The van der Waals surface area contributed by atoms with E-state index < -0.39 is 15.4 Å². The van der Waals surface area contributed by atoms with Crippen LogP contribution in [0.25, 0.3) is 0 Å². The number of sulfonamides is 1. The Kier molecular flexibility index (Phi) is 6.38. The molecule has 0 atom stereocenters. The summed E-state index contributed by atoms with van der Waals surface area (Å²) in [6, 6.07) is 11.2. The lowest BCUT2D eigenvalue weighted by Gasteiger charge is -2.39. The van der Waals surface area contributed by atoms with E-state index in [9.17, 15) is 17.6 Å². The first-order valence-corrected chi connectivity index (χ1v) is 12.6. The lowest BCUT2D eigenvalue weighted by atomic mass is 9.73. The Balaban J connectivity index is 1.69. The number of ether oxygens (including phenoxy) is 1. The summed E-state index contributed by atoms with van der Waals surface area (Å²) >= 11 is 0. The van der Waals surface area contributed by atoms with Crippen LogP contribution in [0.2, 0.25) is 0 Å². The first-order valence-electron chi connectivity index (χ1n) is 11.1. The van der Waals surface area contributed by atoms with Crippen LogP contribution in [-0.4, -0.2) is 51.5 Å². The summed E-state index contributed by atoms with van der Waals surface area (Å²) in [5.74, 6) is -0.373. The van der Waals surface area contributed by atoms with Gasteiger partial charge in [-0.3, -0.25) is 4.79 Å². The zero-order chi connectivity index (χ0) is 22.9. The normalized spacial score (nSPS) is 18.1. The first kappa shape index (κ1) is 22.9. The minimum Gasteiger partial charge on any atom is -0.381 e. The molecule has 0 aromatic heterocycles. The van der Waals surface area contributed by atoms with Crippen LogP contribution in [0.3, 0.4) is 0 Å². The molecule has 0 bridgehead atoms. The molecule has 0 aliphatic carbocycles. The Morgan fingerprint density at radius 2 is 1.75 bits per heavy atom. The number of hydrogen-bond donors (Lipinski definition) is 0. The molecule has 1 amide bonds. The molecule has 32 heavy (non-hydrogen) atoms. The van der Waals surface area contributed by atoms with Crippen molar-refractivity contribution in [3.63, 3.8) is 0 Å². The van der Waals surface area contributed by atoms with Gasteiger partial charge in [0.1, 0.15) is 5.82 Å². The van der Waals surface area contributed by atoms with Gasteiger partial charge in [0.05, 0.1) is 10.3 Å². The lowest BCUT2D eigenvalue weighted by Crippen LogP contribution is -2.49. The third kappa shape index (κ3) is 3.84. The zero-order valence-corrected chi connectivity index (χ0v) is 19.3. The monoisotopic (exact) mass is 460 g/mol. The Bertz CT molecular complexity index is 1090. The molecule has 0 unspecified atom stereocenters. The molecule has 0 saturated carbocycles. The van der Waals surface area contributed by atoms with E-state index in [4.69, 9.17) is 4.74 Å². The van der Waals surface area contributed by atoms with Crippen LogP contribution >= 0.6 is 0 Å². The van der Waals surface area contributed by atoms with Crippen molar-refractivity contribution in [3.8, 4) is 0 Å². The summed E-state index contributed by atoms with van der Waals surface area (Å²) in [5.41, 5.74) is 1.62. The van der Waals surface area contributed by atoms with E-state index in [1.807, 2.05) is 13.8 Å². The summed E-state index contributed by atoms with van der Waals surface area (Å²) in [5, 5.41) is 0. The van der Waals surface area contributed by atoms with Crippen molar-refractivity contribution in [3.05, 3.63) is 59.4 Å². The predicted octanol–water partition coefficient (Wildman–Crippen LogP) is 3.49. The van der Waals surface area contributed by atoms with Crippen molar-refractivity contribution in [2.45, 2.75) is 43.4 Å². The number of amides is 1. The summed E-state index contributed by atoms with van der Waals surface area (Å²) < 4.78 is 46.4. The van der Waals surface area contributed by atoms with E-state index in [0.717, 1.165) is 16.8 Å². The largest absolute Gasteiger partial charge is 0.381 e. The Labute approximate surface area is 189 Å². The van der Waals surface area contributed by atoms with Crippen LogP contribution in [0.4, 0.5) is 10.1 Å². The molecule has 4 rings (SSSR count). The number of carbonyl (C=O) groups excluding carboxylic acids is 1. The number of rotatable bonds is 6. The molecule has 0 spiro atoms. The second kappa shape index (κ2) is 8.92. The molecule has 2 heterocycles. The van der Waals surface area contributed by atoms with E-state index in [2.05, 4.69) is 0 Å². The molecule has 1 saturated heterocycles. The average Bonchev–Trinajstić information content (AvgIpc) is 3.23. The summed E-state index contributed by atoms with van der Waals surface area (Å²) in [6.45, 7) is 5.86. The van der Waals surface area contributed by atoms with Gasteiger partial charge in [0.25, 0.3) is 0 Å². The van der Waals surface area contributed by atoms with Crippen molar-refractivity contribution >= 4 is 21.6 Å². The van der Waals surface area contributed by atoms with Crippen LogP contribution in [0.15, 0.2) is 47.4 Å². The van der Waals surface area contributed by atoms with E-state index in [1.54, 1.807) is 35.2 Å². The molecule has 1 fully saturated rings. The maximum absolute atomic E-state index is 13.9. The molecule has 8 heteroatoms. The van der Waals surface area contributed by atoms with Gasteiger partial charge in [-0.25, -0.2) is 12.8 Å². The second-order valence-electron chi connectivity index (χ2n) is 8.29. The third-order valence-electron chi connectivity index (χ3n) is 6.69. The molecule has 2 aromatic rings. The molecule has 2 aliphatic heterocycles. The molecule has 6 nitrogen and oxygen atoms in total. The fourth-order valence-corrected chi connectivity index (χ4v) is 6.34. The number of hydrogen-bond acceptors (Lipinski definition) is 4. The number of nitrogens with zero attached hydrogens (tertiary/aromatic N) is 2. The van der Waals surface area contributed by atoms with Gasteiger partial charge in [-0.15, -0.1) is 0 Å². The highest BCUT2D eigenvalue weighted by Gasteiger charge is 2.45. The molecule has 0 N–H and O–H groups in total. The van der Waals surface area contributed by atoms with E-state index >= 15 is 0 Å². The van der Waals surface area contributed by atoms with Gasteiger partial charge in [0, 0.05) is 38.5 Å². The Morgan fingerprint density at radius 3 is 2.38 bits per heavy atom. The van der Waals surface area contributed by atoms with Gasteiger partial charge in [-0.1, -0.05) is 26.0 Å². The number of anilines is 1. The standard InChI is InChI=1S/C24H29FN2O4S/c1-3-26(4-2)32(29,30)21-9-10-22-18(17-21)11-14-27(22)23(28)24(12-15-31-16-13-24)19-5-7-20(25)8-6-19/h5-10,17H,3-4,11-16H2,1-2H3. The summed E-state index contributed by atoms with van der Waals surface area (Å²) in [7, 11) is -3.56. The van der Waals surface area contributed by atoms with E-state index in [-0.39, 0.29) is 16.6 Å². The molecular formula is C24H29FN2O4S. The van der Waals surface area contributed by atoms with Crippen LogP contribution in [0.1, 0.15) is 37.8 Å². The maximum Gasteiger partial charge on any atom is 0.243 e. The Morgan fingerprint density at radius 1 is 1.09 bits per heavy atom. The van der Waals surface area contributed by atoms with Crippen molar-refractivity contribution in [2.24, 2.45) is 0 Å². The summed E-state index contributed by atoms with van der Waals surface area (Å²) in [4.78, 5) is 15.9. The minimum absolute atomic E-state index is 0.0366. The van der Waals surface area contributed by atoms with Crippen LogP contribution in [0.5, 0.6) is 0 Å². The molecule has 0 radical (unpaired) electrons. The van der Waals surface area contributed by atoms with Crippen LogP contribution < -0.4 is 4.90 Å². The quantitative estimate of drug-likeness (QED) is 0.662. The molecule has 2 aromatic carbocycles. The van der Waals surface area contributed by atoms with E-state index in [0.29, 0.717) is 52.1 Å². The smallest absolute Gasteiger partial charge is 0.243 e. The fourth-order valence-electron chi connectivity index (χ4n) is 4.84. The van der Waals surface area contributed by atoms with Gasteiger partial charge >= 0.3 is 0 Å². The highest BCUT2D eigenvalue weighted by molar-refractivity contribution is 7.89. The predicted molar refractivity (Wildman–Crippen MR) is 121 cm³/mol. The zero-order valence-electron chi connectivity index (χ0n) is 18.5. The lowest BCUT2D eigenvalue weighted by molar-refractivity contribution is -0.127. The minimum atomic E-state index is -3.56. The van der Waals surface area contributed by atoms with Crippen LogP contribution in [0, 0.1) is 5.82 Å². The maximum atomic E-state index is 13.9. The van der Waals surface area contributed by atoms with E-state index in [1.165, 1.54) is 16.4 Å². The third-order valence-corrected chi connectivity index (χ3v) is 8.73. The Hall–Kier alpha value is -2.29. The fraction of sp³-hybridized carbons (Fsp3) is 0.458. The molecule has 2 aliphatic rings.